The quantitative estimate of drug-likeness (QED) is 0.802. The van der Waals surface area contributed by atoms with Gasteiger partial charge in [0, 0.05) is 6.54 Å². The summed E-state index contributed by atoms with van der Waals surface area (Å²) in [5, 5.41) is 19.7. The number of carbonyl (C=O) groups excluding carboxylic acids is 1. The Morgan fingerprint density at radius 3 is 2.54 bits per heavy atom. The molecule has 1 N–H and O–H groups in total. The molecule has 1 atom stereocenters. The van der Waals surface area contributed by atoms with E-state index >= 15 is 0 Å². The summed E-state index contributed by atoms with van der Waals surface area (Å²) in [7, 11) is 0. The van der Waals surface area contributed by atoms with Crippen LogP contribution in [0.4, 0.5) is 4.39 Å². The van der Waals surface area contributed by atoms with Crippen LogP contribution in [0.3, 0.4) is 0 Å². The molecule has 2 rings (SSSR count). The van der Waals surface area contributed by atoms with Crippen LogP contribution in [0.15, 0.2) is 29.1 Å². The highest BCUT2D eigenvalue weighted by molar-refractivity contribution is 6.03. The number of nitrogens with zero attached hydrogens (tertiary/aromatic N) is 2. The van der Waals surface area contributed by atoms with Crippen molar-refractivity contribution in [2.75, 3.05) is 0 Å². The summed E-state index contributed by atoms with van der Waals surface area (Å²) in [5.41, 5.74) is -0.826. The smallest absolute Gasteiger partial charge is 0.271 e. The molecule has 0 aliphatic rings. The van der Waals surface area contributed by atoms with Crippen LogP contribution < -0.4 is 10.3 Å². The molecule has 1 aromatic heterocycles. The number of hydrogen-bond acceptors (Lipinski definition) is 5. The Labute approximate surface area is 150 Å². The molecule has 2 aromatic rings. The summed E-state index contributed by atoms with van der Waals surface area (Å²) in [6, 6.07) is 6.96. The van der Waals surface area contributed by atoms with E-state index in [1.54, 1.807) is 13.0 Å². The van der Waals surface area contributed by atoms with Gasteiger partial charge < -0.3 is 9.84 Å². The predicted octanol–water partition coefficient (Wildman–Crippen LogP) is 2.93. The minimum Gasteiger partial charge on any atom is -0.494 e. The molecule has 136 valence electrons. The van der Waals surface area contributed by atoms with Crippen molar-refractivity contribution in [1.82, 2.24) is 4.57 Å². The maximum Gasteiger partial charge on any atom is 0.271 e. The van der Waals surface area contributed by atoms with Crippen molar-refractivity contribution in [3.05, 3.63) is 57.1 Å². The van der Waals surface area contributed by atoms with Gasteiger partial charge >= 0.3 is 0 Å². The number of hydrogen-bond donors (Lipinski definition) is 1. The highest BCUT2D eigenvalue weighted by atomic mass is 19.1. The first-order valence-corrected chi connectivity index (χ1v) is 8.14. The third kappa shape index (κ3) is 3.59. The van der Waals surface area contributed by atoms with E-state index in [1.807, 2.05) is 0 Å². The van der Waals surface area contributed by atoms with Crippen LogP contribution in [0.1, 0.15) is 41.8 Å². The second kappa shape index (κ2) is 7.83. The highest BCUT2D eigenvalue weighted by Gasteiger charge is 2.27. The molecule has 6 nitrogen and oxygen atoms in total. The Kier molecular flexibility index (Phi) is 5.78. The molecule has 0 saturated carbocycles. The molecule has 0 aliphatic carbocycles. The Bertz CT molecular complexity index is 927. The Morgan fingerprint density at radius 1 is 1.38 bits per heavy atom. The SMILES string of the molecule is CCCn1c(O)c(C(=O)C(C)Oc2ccc(F)cc2)c(C)c(C#N)c1=O. The van der Waals surface area contributed by atoms with Crippen LogP contribution >= 0.6 is 0 Å². The van der Waals surface area contributed by atoms with Crippen molar-refractivity contribution in [3.63, 3.8) is 0 Å². The van der Waals surface area contributed by atoms with Crippen LogP contribution in [0.25, 0.3) is 0 Å². The number of Topliss-reactive ketones (excluding diaryl/α,β-unsaturated/α-hetero) is 1. The van der Waals surface area contributed by atoms with Gasteiger partial charge in [-0.1, -0.05) is 6.92 Å². The molecule has 7 heteroatoms. The number of ether oxygens (including phenoxy) is 1. The molecule has 0 saturated heterocycles. The maximum absolute atomic E-state index is 13.0. The summed E-state index contributed by atoms with van der Waals surface area (Å²) >= 11 is 0. The summed E-state index contributed by atoms with van der Waals surface area (Å²) in [6.07, 6.45) is -0.472. The van der Waals surface area contributed by atoms with Crippen molar-refractivity contribution >= 4 is 5.78 Å². The number of ketones is 1. The van der Waals surface area contributed by atoms with Gasteiger partial charge in [0.2, 0.25) is 11.7 Å². The van der Waals surface area contributed by atoms with Gasteiger partial charge in [0.1, 0.15) is 23.2 Å². The second-order valence-corrected chi connectivity index (χ2v) is 5.85. The Hall–Kier alpha value is -3.14. The lowest BCUT2D eigenvalue weighted by Crippen LogP contribution is -2.30. The number of carbonyl (C=O) groups is 1. The number of rotatable bonds is 6. The van der Waals surface area contributed by atoms with Crippen molar-refractivity contribution in [3.8, 4) is 17.7 Å². The van der Waals surface area contributed by atoms with E-state index in [0.29, 0.717) is 6.42 Å². The Balaban J connectivity index is 2.47. The monoisotopic (exact) mass is 358 g/mol. The molecule has 1 heterocycles. The summed E-state index contributed by atoms with van der Waals surface area (Å²) in [6.45, 7) is 4.90. The summed E-state index contributed by atoms with van der Waals surface area (Å²) in [5.74, 6) is -1.21. The fourth-order valence-electron chi connectivity index (χ4n) is 2.65. The topological polar surface area (TPSA) is 92.3 Å². The first kappa shape index (κ1) is 19.2. The van der Waals surface area contributed by atoms with Crippen LogP contribution in [-0.2, 0) is 6.54 Å². The molecule has 0 spiro atoms. The standard InChI is InChI=1S/C19H19FN2O4/c1-4-9-22-18(24)15(10-21)11(2)16(19(22)25)17(23)12(3)26-14-7-5-13(20)6-8-14/h5-8,12,25H,4,9H2,1-3H3. The van der Waals surface area contributed by atoms with E-state index in [2.05, 4.69) is 0 Å². The minimum atomic E-state index is -1.01. The number of pyridine rings is 1. The first-order chi connectivity index (χ1) is 12.3. The van der Waals surface area contributed by atoms with Crippen molar-refractivity contribution in [2.24, 2.45) is 0 Å². The number of aromatic hydroxyl groups is 1. The average Bonchev–Trinajstić information content (AvgIpc) is 2.61. The van der Waals surface area contributed by atoms with Crippen molar-refractivity contribution in [1.29, 1.82) is 5.26 Å². The van der Waals surface area contributed by atoms with Crippen LogP contribution in [-0.4, -0.2) is 21.6 Å². The van der Waals surface area contributed by atoms with Crippen molar-refractivity contribution in [2.45, 2.75) is 39.8 Å². The van der Waals surface area contributed by atoms with Crippen LogP contribution in [0, 0.1) is 24.1 Å². The zero-order chi connectivity index (χ0) is 19.4. The summed E-state index contributed by atoms with van der Waals surface area (Å²) < 4.78 is 19.5. The van der Waals surface area contributed by atoms with Crippen LogP contribution in [0.2, 0.25) is 0 Å². The number of aromatic nitrogens is 1. The van der Waals surface area contributed by atoms with Gasteiger partial charge in [-0.2, -0.15) is 5.26 Å². The molecule has 0 amide bonds. The zero-order valence-electron chi connectivity index (χ0n) is 14.7. The van der Waals surface area contributed by atoms with Gasteiger partial charge in [-0.15, -0.1) is 0 Å². The molecule has 1 unspecified atom stereocenters. The second-order valence-electron chi connectivity index (χ2n) is 5.85. The predicted molar refractivity (Wildman–Crippen MR) is 92.9 cm³/mol. The molecule has 1 aromatic carbocycles. The van der Waals surface area contributed by atoms with Gasteiger partial charge in [0.25, 0.3) is 5.56 Å². The van der Waals surface area contributed by atoms with Gasteiger partial charge in [0.05, 0.1) is 5.56 Å². The van der Waals surface area contributed by atoms with Crippen LogP contribution in [0.5, 0.6) is 11.6 Å². The van der Waals surface area contributed by atoms with Gasteiger partial charge in [-0.25, -0.2) is 4.39 Å². The zero-order valence-corrected chi connectivity index (χ0v) is 14.7. The van der Waals surface area contributed by atoms with Gasteiger partial charge in [-0.3, -0.25) is 14.2 Å². The fraction of sp³-hybridized carbons (Fsp3) is 0.316. The molecule has 26 heavy (non-hydrogen) atoms. The maximum atomic E-state index is 13.0. The lowest BCUT2D eigenvalue weighted by atomic mass is 9.99. The van der Waals surface area contributed by atoms with E-state index in [0.717, 1.165) is 4.57 Å². The third-order valence-corrected chi connectivity index (χ3v) is 3.99. The van der Waals surface area contributed by atoms with Gasteiger partial charge in [0.15, 0.2) is 6.10 Å². The number of nitriles is 1. The van der Waals surface area contributed by atoms with Crippen molar-refractivity contribution < 1.29 is 19.0 Å². The van der Waals surface area contributed by atoms with E-state index in [4.69, 9.17) is 4.74 Å². The van der Waals surface area contributed by atoms with Gasteiger partial charge in [-0.05, 0) is 50.1 Å². The minimum absolute atomic E-state index is 0.113. The lowest BCUT2D eigenvalue weighted by Gasteiger charge is -2.18. The first-order valence-electron chi connectivity index (χ1n) is 8.14. The number of halogens is 1. The average molecular weight is 358 g/mol. The van der Waals surface area contributed by atoms with E-state index in [9.17, 15) is 24.3 Å². The normalized spacial score (nSPS) is 11.7. The molecular weight excluding hydrogens is 339 g/mol. The Morgan fingerprint density at radius 2 is 2.00 bits per heavy atom. The molecular formula is C19H19FN2O4. The highest BCUT2D eigenvalue weighted by Crippen LogP contribution is 2.25. The lowest BCUT2D eigenvalue weighted by molar-refractivity contribution is 0.0812. The van der Waals surface area contributed by atoms with E-state index in [-0.39, 0.29) is 29.0 Å². The third-order valence-electron chi connectivity index (χ3n) is 3.99. The molecule has 0 radical (unpaired) electrons. The fourth-order valence-corrected chi connectivity index (χ4v) is 2.65. The molecule has 0 aliphatic heterocycles. The molecule has 0 bridgehead atoms. The summed E-state index contributed by atoms with van der Waals surface area (Å²) in [4.78, 5) is 25.1. The van der Waals surface area contributed by atoms with E-state index in [1.165, 1.54) is 38.1 Å². The van der Waals surface area contributed by atoms with E-state index < -0.39 is 29.1 Å². The largest absolute Gasteiger partial charge is 0.494 e. The molecule has 0 fully saturated rings. The number of benzene rings is 1.